The highest BCUT2D eigenvalue weighted by atomic mass is 16.6. The summed E-state index contributed by atoms with van der Waals surface area (Å²) in [7, 11) is 3.23. The van der Waals surface area contributed by atoms with Gasteiger partial charge >= 0.3 is 0 Å². The topological polar surface area (TPSA) is 53.7 Å². The fraction of sp³-hybridized carbons (Fsp3) is 0.538. The van der Waals surface area contributed by atoms with Crippen LogP contribution in [0, 0.1) is 0 Å². The van der Waals surface area contributed by atoms with Gasteiger partial charge in [-0.2, -0.15) is 0 Å². The van der Waals surface area contributed by atoms with E-state index in [0.717, 1.165) is 11.1 Å². The molecule has 0 aliphatic rings. The molecule has 0 radical (unpaired) electrons. The van der Waals surface area contributed by atoms with Gasteiger partial charge in [0.05, 0.1) is 20.8 Å². The van der Waals surface area contributed by atoms with E-state index in [4.69, 9.17) is 20.2 Å². The van der Waals surface area contributed by atoms with Crippen molar-refractivity contribution in [2.24, 2.45) is 5.90 Å². The molecule has 0 aliphatic heterocycles. The fourth-order valence-electron chi connectivity index (χ4n) is 1.67. The number of hydrogen-bond donors (Lipinski definition) is 1. The Balaban J connectivity index is 3.34. The Bertz CT molecular complexity index is 383. The first-order chi connectivity index (χ1) is 7.93. The molecule has 0 aliphatic carbocycles. The first kappa shape index (κ1) is 13.8. The lowest BCUT2D eigenvalue weighted by molar-refractivity contribution is 0.121. The maximum Gasteiger partial charge on any atom is 0.166 e. The molecule has 0 unspecified atom stereocenters. The van der Waals surface area contributed by atoms with Crippen LogP contribution in [0.25, 0.3) is 0 Å². The zero-order valence-electron chi connectivity index (χ0n) is 11.2. The van der Waals surface area contributed by atoms with Crippen molar-refractivity contribution in [3.05, 3.63) is 23.3 Å². The lowest BCUT2D eigenvalue weighted by atomic mass is 9.86. The third-order valence-electron chi connectivity index (χ3n) is 2.66. The summed E-state index contributed by atoms with van der Waals surface area (Å²) in [5.41, 5.74) is 2.07. The largest absolute Gasteiger partial charge is 0.493 e. The van der Waals surface area contributed by atoms with Crippen LogP contribution in [-0.4, -0.2) is 14.2 Å². The average molecular weight is 239 g/mol. The third kappa shape index (κ3) is 3.11. The van der Waals surface area contributed by atoms with E-state index in [-0.39, 0.29) is 5.41 Å². The first-order valence-electron chi connectivity index (χ1n) is 5.51. The van der Waals surface area contributed by atoms with Gasteiger partial charge in [-0.3, -0.25) is 4.84 Å². The van der Waals surface area contributed by atoms with Gasteiger partial charge in [-0.05, 0) is 23.1 Å². The molecule has 1 aromatic rings. The van der Waals surface area contributed by atoms with Gasteiger partial charge in [0, 0.05) is 5.56 Å². The highest BCUT2D eigenvalue weighted by Gasteiger charge is 2.19. The Kier molecular flexibility index (Phi) is 4.37. The normalized spacial score (nSPS) is 11.4. The monoisotopic (exact) mass is 239 g/mol. The molecular weight excluding hydrogens is 218 g/mol. The summed E-state index contributed by atoms with van der Waals surface area (Å²) >= 11 is 0. The van der Waals surface area contributed by atoms with Crippen molar-refractivity contribution in [2.75, 3.05) is 14.2 Å². The Labute approximate surface area is 103 Å². The highest BCUT2D eigenvalue weighted by Crippen LogP contribution is 2.36. The minimum Gasteiger partial charge on any atom is -0.493 e. The van der Waals surface area contributed by atoms with Crippen LogP contribution in [0.2, 0.25) is 0 Å². The van der Waals surface area contributed by atoms with Crippen molar-refractivity contribution in [1.29, 1.82) is 0 Å². The van der Waals surface area contributed by atoms with Crippen molar-refractivity contribution in [3.63, 3.8) is 0 Å². The first-order valence-corrected chi connectivity index (χ1v) is 5.51. The number of ether oxygens (including phenoxy) is 2. The zero-order valence-corrected chi connectivity index (χ0v) is 11.2. The SMILES string of the molecule is COc1cc(C(C)(C)C)cc(CON)c1OC. The van der Waals surface area contributed by atoms with E-state index >= 15 is 0 Å². The summed E-state index contributed by atoms with van der Waals surface area (Å²) in [6.45, 7) is 6.72. The average Bonchev–Trinajstić information content (AvgIpc) is 2.27. The summed E-state index contributed by atoms with van der Waals surface area (Å²) in [5.74, 6) is 6.51. The minimum atomic E-state index is 0.0307. The predicted molar refractivity (Wildman–Crippen MR) is 67.2 cm³/mol. The van der Waals surface area contributed by atoms with Crippen molar-refractivity contribution in [1.82, 2.24) is 0 Å². The van der Waals surface area contributed by atoms with Gasteiger partial charge in [0.1, 0.15) is 0 Å². The molecule has 0 spiro atoms. The van der Waals surface area contributed by atoms with Gasteiger partial charge < -0.3 is 9.47 Å². The van der Waals surface area contributed by atoms with Crippen LogP contribution in [0.3, 0.4) is 0 Å². The van der Waals surface area contributed by atoms with E-state index in [0.29, 0.717) is 18.1 Å². The number of rotatable bonds is 4. The van der Waals surface area contributed by atoms with Gasteiger partial charge in [0.2, 0.25) is 0 Å². The van der Waals surface area contributed by atoms with Crippen LogP contribution in [0.15, 0.2) is 12.1 Å². The molecule has 4 heteroatoms. The molecule has 2 N–H and O–H groups in total. The van der Waals surface area contributed by atoms with Gasteiger partial charge in [-0.1, -0.05) is 20.8 Å². The fourth-order valence-corrected chi connectivity index (χ4v) is 1.67. The van der Waals surface area contributed by atoms with Gasteiger partial charge in [-0.25, -0.2) is 5.90 Å². The summed E-state index contributed by atoms with van der Waals surface area (Å²) in [4.78, 5) is 4.70. The van der Waals surface area contributed by atoms with Crippen molar-refractivity contribution >= 4 is 0 Å². The van der Waals surface area contributed by atoms with Crippen LogP contribution in [0.4, 0.5) is 0 Å². The number of methoxy groups -OCH3 is 2. The lowest BCUT2D eigenvalue weighted by Crippen LogP contribution is -2.13. The Morgan fingerprint density at radius 1 is 1.12 bits per heavy atom. The summed E-state index contributed by atoms with van der Waals surface area (Å²) in [5, 5.41) is 0. The smallest absolute Gasteiger partial charge is 0.166 e. The molecule has 4 nitrogen and oxygen atoms in total. The van der Waals surface area contributed by atoms with Crippen molar-refractivity contribution in [3.8, 4) is 11.5 Å². The second-order valence-corrected chi connectivity index (χ2v) is 4.93. The van der Waals surface area contributed by atoms with E-state index in [1.807, 2.05) is 12.1 Å². The van der Waals surface area contributed by atoms with E-state index in [9.17, 15) is 0 Å². The van der Waals surface area contributed by atoms with Crippen LogP contribution in [0.1, 0.15) is 31.9 Å². The molecule has 0 aromatic heterocycles. The van der Waals surface area contributed by atoms with Crippen molar-refractivity contribution < 1.29 is 14.3 Å². The Morgan fingerprint density at radius 3 is 2.18 bits per heavy atom. The van der Waals surface area contributed by atoms with Gasteiger partial charge in [-0.15, -0.1) is 0 Å². The quantitative estimate of drug-likeness (QED) is 0.820. The van der Waals surface area contributed by atoms with Crippen LogP contribution in [-0.2, 0) is 16.9 Å². The summed E-state index contributed by atoms with van der Waals surface area (Å²) in [6.07, 6.45) is 0. The standard InChI is InChI=1S/C13H21NO3/c1-13(2,3)10-6-9(8-17-14)12(16-5)11(7-10)15-4/h6-7H,8,14H2,1-5H3. The zero-order chi connectivity index (χ0) is 13.1. The predicted octanol–water partition coefficient (Wildman–Crippen LogP) is 2.39. The Morgan fingerprint density at radius 2 is 1.76 bits per heavy atom. The molecule has 0 amide bonds. The van der Waals surface area contributed by atoms with E-state index in [1.54, 1.807) is 14.2 Å². The minimum absolute atomic E-state index is 0.0307. The maximum absolute atomic E-state index is 5.34. The Hall–Kier alpha value is -1.26. The molecule has 0 atom stereocenters. The molecule has 1 aromatic carbocycles. The van der Waals surface area contributed by atoms with E-state index < -0.39 is 0 Å². The molecule has 0 saturated heterocycles. The molecule has 1 rings (SSSR count). The number of benzene rings is 1. The van der Waals surface area contributed by atoms with Crippen LogP contribution >= 0.6 is 0 Å². The second kappa shape index (κ2) is 5.38. The number of hydrogen-bond acceptors (Lipinski definition) is 4. The third-order valence-corrected chi connectivity index (χ3v) is 2.66. The molecule has 96 valence electrons. The van der Waals surface area contributed by atoms with Crippen LogP contribution in [0.5, 0.6) is 11.5 Å². The van der Waals surface area contributed by atoms with Gasteiger partial charge in [0.15, 0.2) is 11.5 Å². The molecular formula is C13H21NO3. The molecule has 0 heterocycles. The summed E-state index contributed by atoms with van der Waals surface area (Å²) in [6, 6.07) is 4.02. The second-order valence-electron chi connectivity index (χ2n) is 4.93. The summed E-state index contributed by atoms with van der Waals surface area (Å²) < 4.78 is 10.7. The van der Waals surface area contributed by atoms with Gasteiger partial charge in [0.25, 0.3) is 0 Å². The van der Waals surface area contributed by atoms with E-state index in [2.05, 4.69) is 20.8 Å². The molecule has 0 saturated carbocycles. The highest BCUT2D eigenvalue weighted by molar-refractivity contribution is 5.50. The van der Waals surface area contributed by atoms with Crippen LogP contribution < -0.4 is 15.4 Å². The van der Waals surface area contributed by atoms with E-state index in [1.165, 1.54) is 0 Å². The molecule has 0 fully saturated rings. The van der Waals surface area contributed by atoms with Crippen molar-refractivity contribution in [2.45, 2.75) is 32.8 Å². The maximum atomic E-state index is 5.34. The lowest BCUT2D eigenvalue weighted by Gasteiger charge is -2.22. The molecule has 17 heavy (non-hydrogen) atoms. The molecule has 0 bridgehead atoms. The number of nitrogens with two attached hydrogens (primary N) is 1.